The third-order valence-corrected chi connectivity index (χ3v) is 6.98. The largest absolute Gasteiger partial charge is 0.480 e. The molecule has 220 valence electrons. The van der Waals surface area contributed by atoms with Crippen molar-refractivity contribution in [3.8, 4) is 0 Å². The van der Waals surface area contributed by atoms with Crippen molar-refractivity contribution in [2.75, 3.05) is 12.0 Å². The highest BCUT2D eigenvalue weighted by molar-refractivity contribution is 7.98. The number of amides is 4. The number of aromatic nitrogens is 1. The average Bonchev–Trinajstić information content (AvgIpc) is 3.30. The maximum absolute atomic E-state index is 13.5. The molecular weight excluding hydrogens is 536 g/mol. The van der Waals surface area contributed by atoms with Crippen LogP contribution in [0.5, 0.6) is 0 Å². The molecule has 1 aromatic heterocycles. The minimum atomic E-state index is -1.26. The SMILES string of the molecule is CSCCC(N)C(=O)NC(Cc1c[nH]c2ccccc12)C(=O)NC(CCC(N)=O)C(=O)NC(CC(C)C)C(=O)O. The zero-order valence-corrected chi connectivity index (χ0v) is 23.9. The number of thioether (sulfide) groups is 1. The molecule has 13 heteroatoms. The number of fused-ring (bicyclic) bond motifs is 1. The van der Waals surface area contributed by atoms with E-state index in [0.29, 0.717) is 12.2 Å². The molecule has 1 heterocycles. The molecule has 2 rings (SSSR count). The molecule has 0 spiro atoms. The molecule has 4 amide bonds. The molecule has 0 aliphatic rings. The van der Waals surface area contributed by atoms with Gasteiger partial charge >= 0.3 is 5.97 Å². The summed E-state index contributed by atoms with van der Waals surface area (Å²) in [7, 11) is 0. The van der Waals surface area contributed by atoms with Crippen LogP contribution in [0.3, 0.4) is 0 Å². The number of hydrogen-bond acceptors (Lipinski definition) is 7. The van der Waals surface area contributed by atoms with Crippen molar-refractivity contribution in [3.63, 3.8) is 0 Å². The number of hydrogen-bond donors (Lipinski definition) is 7. The molecule has 2 aromatic rings. The number of aromatic amines is 1. The van der Waals surface area contributed by atoms with Gasteiger partial charge in [0.25, 0.3) is 0 Å². The number of carbonyl (C=O) groups is 5. The fraction of sp³-hybridized carbons (Fsp3) is 0.519. The lowest BCUT2D eigenvalue weighted by atomic mass is 10.0. The van der Waals surface area contributed by atoms with Crippen molar-refractivity contribution >= 4 is 52.3 Å². The lowest BCUT2D eigenvalue weighted by Gasteiger charge is -2.25. The molecule has 40 heavy (non-hydrogen) atoms. The number of carboxylic acids is 1. The Morgan fingerprint density at radius 2 is 1.57 bits per heavy atom. The number of carbonyl (C=O) groups excluding carboxylic acids is 4. The maximum atomic E-state index is 13.5. The van der Waals surface area contributed by atoms with Gasteiger partial charge in [-0.15, -0.1) is 0 Å². The number of carboxylic acid groups (broad SMARTS) is 1. The number of aliphatic carboxylic acids is 1. The topological polar surface area (TPSA) is 209 Å². The van der Waals surface area contributed by atoms with Crippen LogP contribution >= 0.6 is 11.8 Å². The lowest BCUT2D eigenvalue weighted by Crippen LogP contribution is -2.57. The fourth-order valence-corrected chi connectivity index (χ4v) is 4.67. The van der Waals surface area contributed by atoms with Crippen LogP contribution in [0, 0.1) is 5.92 Å². The van der Waals surface area contributed by atoms with Gasteiger partial charge in [0.05, 0.1) is 6.04 Å². The maximum Gasteiger partial charge on any atom is 0.326 e. The zero-order chi connectivity index (χ0) is 29.8. The van der Waals surface area contributed by atoms with Gasteiger partial charge in [0.15, 0.2) is 0 Å². The standard InChI is InChI=1S/C27H40N6O6S/c1-15(2)12-22(27(38)39)33-25(36)20(8-9-23(29)34)31-26(37)21(32-24(35)18(28)10-11-40-3)13-16-14-30-19-7-5-4-6-17(16)19/h4-7,14-15,18,20-22,30H,8-13,28H2,1-3H3,(H2,29,34)(H,31,37)(H,32,35)(H,33,36)(H,38,39). The van der Waals surface area contributed by atoms with Crippen LogP contribution in [0.25, 0.3) is 10.9 Å². The van der Waals surface area contributed by atoms with Crippen LogP contribution in [0.4, 0.5) is 0 Å². The summed E-state index contributed by atoms with van der Waals surface area (Å²) in [6, 6.07) is 3.08. The third-order valence-electron chi connectivity index (χ3n) is 6.34. The first-order chi connectivity index (χ1) is 18.9. The number of H-pyrrole nitrogens is 1. The van der Waals surface area contributed by atoms with E-state index >= 15 is 0 Å². The summed E-state index contributed by atoms with van der Waals surface area (Å²) in [5.74, 6) is -3.24. The Bertz CT molecular complexity index is 1190. The lowest BCUT2D eigenvalue weighted by molar-refractivity contribution is -0.143. The van der Waals surface area contributed by atoms with Crippen molar-refractivity contribution in [1.29, 1.82) is 0 Å². The molecule has 0 aliphatic carbocycles. The second kappa shape index (κ2) is 15.9. The summed E-state index contributed by atoms with van der Waals surface area (Å²) in [4.78, 5) is 65.8. The van der Waals surface area contributed by atoms with Gasteiger partial charge < -0.3 is 37.5 Å². The van der Waals surface area contributed by atoms with E-state index in [1.807, 2.05) is 44.4 Å². The van der Waals surface area contributed by atoms with E-state index in [-0.39, 0.29) is 31.6 Å². The highest BCUT2D eigenvalue weighted by Gasteiger charge is 2.31. The molecule has 0 saturated carbocycles. The zero-order valence-electron chi connectivity index (χ0n) is 23.1. The molecule has 0 aliphatic heterocycles. The van der Waals surface area contributed by atoms with E-state index in [2.05, 4.69) is 20.9 Å². The van der Waals surface area contributed by atoms with E-state index in [0.717, 1.165) is 16.5 Å². The smallest absolute Gasteiger partial charge is 0.326 e. The first kappa shape index (κ1) is 32.6. The molecule has 0 radical (unpaired) electrons. The van der Waals surface area contributed by atoms with Gasteiger partial charge in [-0.1, -0.05) is 32.0 Å². The molecule has 4 unspecified atom stereocenters. The molecule has 9 N–H and O–H groups in total. The van der Waals surface area contributed by atoms with E-state index in [4.69, 9.17) is 11.5 Å². The summed E-state index contributed by atoms with van der Waals surface area (Å²) in [6.07, 6.45) is 3.93. The average molecular weight is 577 g/mol. The molecule has 0 fully saturated rings. The monoisotopic (exact) mass is 576 g/mol. The molecule has 1 aromatic carbocycles. The Morgan fingerprint density at radius 1 is 0.950 bits per heavy atom. The second-order valence-electron chi connectivity index (χ2n) is 10.1. The molecule has 4 atom stereocenters. The summed E-state index contributed by atoms with van der Waals surface area (Å²) in [6.45, 7) is 3.63. The normalized spacial score (nSPS) is 14.2. The highest BCUT2D eigenvalue weighted by atomic mass is 32.2. The Balaban J connectivity index is 2.30. The summed E-state index contributed by atoms with van der Waals surface area (Å²) in [5.41, 5.74) is 12.9. The van der Waals surface area contributed by atoms with Crippen molar-refractivity contribution in [1.82, 2.24) is 20.9 Å². The van der Waals surface area contributed by atoms with Crippen LogP contribution in [-0.4, -0.2) is 75.9 Å². The van der Waals surface area contributed by atoms with E-state index in [9.17, 15) is 29.1 Å². The Labute approximate surface area is 237 Å². The molecule has 0 saturated heterocycles. The summed E-state index contributed by atoms with van der Waals surface area (Å²) < 4.78 is 0. The minimum Gasteiger partial charge on any atom is -0.480 e. The van der Waals surface area contributed by atoms with E-state index in [1.165, 1.54) is 11.8 Å². The van der Waals surface area contributed by atoms with Crippen LogP contribution in [0.1, 0.15) is 45.1 Å². The molecule has 12 nitrogen and oxygen atoms in total. The van der Waals surface area contributed by atoms with Gasteiger partial charge in [-0.25, -0.2) is 4.79 Å². The van der Waals surface area contributed by atoms with Crippen LogP contribution in [0.2, 0.25) is 0 Å². The number of rotatable bonds is 17. The number of primary amides is 1. The van der Waals surface area contributed by atoms with Gasteiger partial charge in [-0.3, -0.25) is 19.2 Å². The fourth-order valence-electron chi connectivity index (χ4n) is 4.18. The number of nitrogens with one attached hydrogen (secondary N) is 4. The van der Waals surface area contributed by atoms with Crippen LogP contribution < -0.4 is 27.4 Å². The Hall–Kier alpha value is -3.58. The van der Waals surface area contributed by atoms with Gasteiger partial charge in [-0.05, 0) is 48.8 Å². The number of para-hydroxylation sites is 1. The van der Waals surface area contributed by atoms with Gasteiger partial charge in [0.1, 0.15) is 18.1 Å². The highest BCUT2D eigenvalue weighted by Crippen LogP contribution is 2.19. The summed E-state index contributed by atoms with van der Waals surface area (Å²) in [5, 5.41) is 18.2. The van der Waals surface area contributed by atoms with E-state index in [1.54, 1.807) is 6.20 Å². The second-order valence-corrected chi connectivity index (χ2v) is 11.1. The minimum absolute atomic E-state index is 0.0221. The molecule has 0 bridgehead atoms. The van der Waals surface area contributed by atoms with Crippen molar-refractivity contribution in [2.45, 2.75) is 70.1 Å². The van der Waals surface area contributed by atoms with Gasteiger partial charge in [0, 0.05) is 29.9 Å². The third kappa shape index (κ3) is 10.2. The first-order valence-electron chi connectivity index (χ1n) is 13.1. The predicted molar refractivity (Wildman–Crippen MR) is 154 cm³/mol. The van der Waals surface area contributed by atoms with Crippen molar-refractivity contribution in [3.05, 3.63) is 36.0 Å². The predicted octanol–water partition coefficient (Wildman–Crippen LogP) is 0.641. The van der Waals surface area contributed by atoms with Crippen LogP contribution in [-0.2, 0) is 30.4 Å². The Morgan fingerprint density at radius 3 is 2.20 bits per heavy atom. The van der Waals surface area contributed by atoms with Crippen molar-refractivity contribution in [2.24, 2.45) is 17.4 Å². The van der Waals surface area contributed by atoms with Crippen LogP contribution in [0.15, 0.2) is 30.5 Å². The number of benzene rings is 1. The molecular formula is C27H40N6O6S. The quantitative estimate of drug-likeness (QED) is 0.142. The van der Waals surface area contributed by atoms with Crippen molar-refractivity contribution < 1.29 is 29.1 Å². The first-order valence-corrected chi connectivity index (χ1v) is 14.5. The van der Waals surface area contributed by atoms with Gasteiger partial charge in [-0.2, -0.15) is 11.8 Å². The van der Waals surface area contributed by atoms with Gasteiger partial charge in [0.2, 0.25) is 23.6 Å². The summed E-state index contributed by atoms with van der Waals surface area (Å²) >= 11 is 1.54. The van der Waals surface area contributed by atoms with E-state index < -0.39 is 53.8 Å². The number of nitrogens with two attached hydrogens (primary N) is 2. The Kier molecular flexibility index (Phi) is 12.9.